The Morgan fingerprint density at radius 2 is 2.15 bits per heavy atom. The molecule has 0 saturated carbocycles. The second-order valence-corrected chi connectivity index (χ2v) is 5.93. The van der Waals surface area contributed by atoms with Crippen LogP contribution in [0.1, 0.15) is 23.7 Å². The summed E-state index contributed by atoms with van der Waals surface area (Å²) in [6.45, 7) is 3.88. The van der Waals surface area contributed by atoms with Crippen LogP contribution in [-0.4, -0.2) is 14.5 Å². The number of benzene rings is 1. The number of nitrogens with one attached hydrogen (secondary N) is 1. The standard InChI is InChI=1S/C14H13N3OS2/c1-8-7-20-12(15-8)9(2)17-13(18)10-5-3-4-6-11(10)16-14(17)19/h3-7,9H,1-2H3,(H,16,19). The van der Waals surface area contributed by atoms with Crippen LogP contribution >= 0.6 is 23.6 Å². The lowest BCUT2D eigenvalue weighted by Crippen LogP contribution is -2.25. The minimum absolute atomic E-state index is 0.0790. The molecule has 3 rings (SSSR count). The van der Waals surface area contributed by atoms with Crippen LogP contribution in [0.25, 0.3) is 10.9 Å². The number of rotatable bonds is 2. The van der Waals surface area contributed by atoms with Crippen LogP contribution < -0.4 is 5.56 Å². The third-order valence-corrected chi connectivity index (χ3v) is 4.65. The van der Waals surface area contributed by atoms with Gasteiger partial charge in [0, 0.05) is 11.1 Å². The molecule has 0 fully saturated rings. The largest absolute Gasteiger partial charge is 0.332 e. The Labute approximate surface area is 124 Å². The molecular formula is C14H13N3OS2. The van der Waals surface area contributed by atoms with Crippen LogP contribution in [-0.2, 0) is 0 Å². The van der Waals surface area contributed by atoms with Crippen molar-refractivity contribution in [3.63, 3.8) is 0 Å². The first kappa shape index (κ1) is 13.2. The molecule has 2 heterocycles. The first-order valence-corrected chi connectivity index (χ1v) is 7.52. The summed E-state index contributed by atoms with van der Waals surface area (Å²) < 4.78 is 2.02. The topological polar surface area (TPSA) is 50.7 Å². The van der Waals surface area contributed by atoms with Crippen molar-refractivity contribution in [2.75, 3.05) is 0 Å². The minimum Gasteiger partial charge on any atom is -0.332 e. The molecule has 6 heteroatoms. The first-order chi connectivity index (χ1) is 9.58. The van der Waals surface area contributed by atoms with Gasteiger partial charge in [-0.25, -0.2) is 4.98 Å². The van der Waals surface area contributed by atoms with Crippen LogP contribution in [0.4, 0.5) is 0 Å². The highest BCUT2D eigenvalue weighted by atomic mass is 32.1. The summed E-state index contributed by atoms with van der Waals surface area (Å²) in [5, 5.41) is 3.51. The third-order valence-electron chi connectivity index (χ3n) is 3.22. The highest BCUT2D eigenvalue weighted by Crippen LogP contribution is 2.21. The second-order valence-electron chi connectivity index (χ2n) is 4.65. The van der Waals surface area contributed by atoms with Gasteiger partial charge in [-0.2, -0.15) is 0 Å². The highest BCUT2D eigenvalue weighted by molar-refractivity contribution is 7.71. The number of fused-ring (bicyclic) bond motifs is 1. The molecule has 1 atom stereocenters. The molecule has 0 aliphatic heterocycles. The molecule has 0 aliphatic carbocycles. The Balaban J connectivity index is 2.26. The maximum Gasteiger partial charge on any atom is 0.262 e. The second kappa shape index (κ2) is 4.96. The number of aryl methyl sites for hydroxylation is 1. The number of thiazole rings is 1. The van der Waals surface area contributed by atoms with Crippen molar-refractivity contribution >= 4 is 34.5 Å². The van der Waals surface area contributed by atoms with E-state index in [0.29, 0.717) is 10.2 Å². The van der Waals surface area contributed by atoms with Gasteiger partial charge in [0.2, 0.25) is 0 Å². The van der Waals surface area contributed by atoms with E-state index in [2.05, 4.69) is 9.97 Å². The zero-order valence-corrected chi connectivity index (χ0v) is 12.7. The maximum absolute atomic E-state index is 12.6. The van der Waals surface area contributed by atoms with Crippen molar-refractivity contribution < 1.29 is 0 Å². The lowest BCUT2D eigenvalue weighted by atomic mass is 10.2. The molecule has 102 valence electrons. The number of hydrogen-bond donors (Lipinski definition) is 1. The fraction of sp³-hybridized carbons (Fsp3) is 0.214. The Morgan fingerprint density at radius 3 is 2.85 bits per heavy atom. The van der Waals surface area contributed by atoms with Crippen molar-refractivity contribution in [1.29, 1.82) is 0 Å². The SMILES string of the molecule is Cc1csc(C(C)n2c(=S)[nH]c3ccccc3c2=O)n1. The first-order valence-electron chi connectivity index (χ1n) is 6.23. The van der Waals surface area contributed by atoms with E-state index in [4.69, 9.17) is 12.2 Å². The van der Waals surface area contributed by atoms with E-state index in [1.807, 2.05) is 37.4 Å². The van der Waals surface area contributed by atoms with Gasteiger partial charge in [-0.15, -0.1) is 11.3 Å². The summed E-state index contributed by atoms with van der Waals surface area (Å²) in [4.78, 5) is 20.2. The van der Waals surface area contributed by atoms with Crippen LogP contribution in [0.2, 0.25) is 0 Å². The fourth-order valence-electron chi connectivity index (χ4n) is 2.20. The number of aromatic amines is 1. The van der Waals surface area contributed by atoms with Crippen molar-refractivity contribution in [3.05, 3.63) is 55.5 Å². The number of nitrogens with zero attached hydrogens (tertiary/aromatic N) is 2. The Bertz CT molecular complexity index is 891. The summed E-state index contributed by atoms with van der Waals surface area (Å²) >= 11 is 6.88. The molecule has 0 spiro atoms. The lowest BCUT2D eigenvalue weighted by Gasteiger charge is -2.13. The van der Waals surface area contributed by atoms with E-state index < -0.39 is 0 Å². The third kappa shape index (κ3) is 2.10. The zero-order valence-electron chi connectivity index (χ0n) is 11.1. The molecule has 20 heavy (non-hydrogen) atoms. The molecular weight excluding hydrogens is 290 g/mol. The molecule has 1 unspecified atom stereocenters. The van der Waals surface area contributed by atoms with Gasteiger partial charge in [0.25, 0.3) is 5.56 Å². The van der Waals surface area contributed by atoms with Gasteiger partial charge in [-0.05, 0) is 38.2 Å². The van der Waals surface area contributed by atoms with Crippen LogP contribution in [0.5, 0.6) is 0 Å². The number of H-pyrrole nitrogens is 1. The van der Waals surface area contributed by atoms with Crippen LogP contribution in [0.15, 0.2) is 34.4 Å². The summed E-state index contributed by atoms with van der Waals surface area (Å²) in [5.41, 5.74) is 1.64. The molecule has 0 amide bonds. The Hall–Kier alpha value is -1.79. The summed E-state index contributed by atoms with van der Waals surface area (Å²) in [6, 6.07) is 7.22. The van der Waals surface area contributed by atoms with Gasteiger partial charge in [-0.3, -0.25) is 9.36 Å². The predicted octanol–water partition coefficient (Wildman–Crippen LogP) is 3.43. The number of aromatic nitrogens is 3. The maximum atomic E-state index is 12.6. The van der Waals surface area contributed by atoms with E-state index in [9.17, 15) is 4.79 Å². The van der Waals surface area contributed by atoms with E-state index in [1.165, 1.54) is 0 Å². The van der Waals surface area contributed by atoms with E-state index in [0.717, 1.165) is 16.2 Å². The summed E-state index contributed by atoms with van der Waals surface area (Å²) in [7, 11) is 0. The molecule has 0 radical (unpaired) electrons. The van der Waals surface area contributed by atoms with E-state index in [1.54, 1.807) is 22.0 Å². The van der Waals surface area contributed by atoms with Crippen molar-refractivity contribution in [2.45, 2.75) is 19.9 Å². The highest BCUT2D eigenvalue weighted by Gasteiger charge is 2.16. The van der Waals surface area contributed by atoms with Crippen molar-refractivity contribution in [1.82, 2.24) is 14.5 Å². The normalized spacial score (nSPS) is 12.7. The van der Waals surface area contributed by atoms with Crippen LogP contribution in [0.3, 0.4) is 0 Å². The number of para-hydroxylation sites is 1. The van der Waals surface area contributed by atoms with Crippen molar-refractivity contribution in [2.24, 2.45) is 0 Å². The summed E-state index contributed by atoms with van der Waals surface area (Å²) in [5.74, 6) is 0. The van der Waals surface area contributed by atoms with Gasteiger partial charge < -0.3 is 4.98 Å². The van der Waals surface area contributed by atoms with Gasteiger partial charge in [0.1, 0.15) is 5.01 Å². The molecule has 4 nitrogen and oxygen atoms in total. The van der Waals surface area contributed by atoms with Crippen molar-refractivity contribution in [3.8, 4) is 0 Å². The van der Waals surface area contributed by atoms with E-state index in [-0.39, 0.29) is 11.6 Å². The van der Waals surface area contributed by atoms with Gasteiger partial charge in [0.05, 0.1) is 16.9 Å². The average molecular weight is 303 g/mol. The molecule has 0 saturated heterocycles. The van der Waals surface area contributed by atoms with Gasteiger partial charge in [-0.1, -0.05) is 12.1 Å². The monoisotopic (exact) mass is 303 g/mol. The molecule has 3 aromatic rings. The fourth-order valence-corrected chi connectivity index (χ4v) is 3.40. The average Bonchev–Trinajstić information content (AvgIpc) is 2.85. The Kier molecular flexibility index (Phi) is 3.27. The molecule has 2 aromatic heterocycles. The predicted molar refractivity (Wildman–Crippen MR) is 84.1 cm³/mol. The smallest absolute Gasteiger partial charge is 0.262 e. The molecule has 0 bridgehead atoms. The van der Waals surface area contributed by atoms with E-state index >= 15 is 0 Å². The molecule has 1 N–H and O–H groups in total. The Morgan fingerprint density at radius 1 is 1.40 bits per heavy atom. The van der Waals surface area contributed by atoms with Crippen LogP contribution in [0, 0.1) is 11.7 Å². The quantitative estimate of drug-likeness (QED) is 0.738. The van der Waals surface area contributed by atoms with Gasteiger partial charge in [0.15, 0.2) is 4.77 Å². The molecule has 1 aromatic carbocycles. The number of hydrogen-bond acceptors (Lipinski definition) is 4. The van der Waals surface area contributed by atoms with Gasteiger partial charge >= 0.3 is 0 Å². The zero-order chi connectivity index (χ0) is 14.3. The summed E-state index contributed by atoms with van der Waals surface area (Å²) in [6.07, 6.45) is 0. The lowest BCUT2D eigenvalue weighted by molar-refractivity contribution is 0.595. The molecule has 0 aliphatic rings. The minimum atomic E-state index is -0.172.